The molecule has 0 radical (unpaired) electrons. The molecule has 0 bridgehead atoms. The Labute approximate surface area is 110 Å². The van der Waals surface area contributed by atoms with Gasteiger partial charge in [0.2, 0.25) is 0 Å². The van der Waals surface area contributed by atoms with Gasteiger partial charge in [0, 0.05) is 6.42 Å². The molecule has 0 aliphatic carbocycles. The van der Waals surface area contributed by atoms with Gasteiger partial charge in [-0.1, -0.05) is 52.4 Å². The van der Waals surface area contributed by atoms with Gasteiger partial charge in [0.15, 0.2) is 11.3 Å². The lowest BCUT2D eigenvalue weighted by molar-refractivity contribution is -0.148. The Kier molecular flexibility index (Phi) is 8.63. The minimum Gasteiger partial charge on any atom is -0.480 e. The van der Waals surface area contributed by atoms with Gasteiger partial charge in [-0.25, -0.2) is 4.79 Å². The number of ketones is 1. The summed E-state index contributed by atoms with van der Waals surface area (Å²) < 4.78 is 0. The summed E-state index contributed by atoms with van der Waals surface area (Å²) in [6, 6.07) is 0. The van der Waals surface area contributed by atoms with Gasteiger partial charge in [-0.05, 0) is 12.8 Å². The molecule has 18 heavy (non-hydrogen) atoms. The molecule has 0 fully saturated rings. The van der Waals surface area contributed by atoms with Gasteiger partial charge < -0.3 is 10.8 Å². The summed E-state index contributed by atoms with van der Waals surface area (Å²) >= 11 is 0. The van der Waals surface area contributed by atoms with Crippen LogP contribution in [0.2, 0.25) is 0 Å². The monoisotopic (exact) mass is 257 g/mol. The molecule has 1 unspecified atom stereocenters. The summed E-state index contributed by atoms with van der Waals surface area (Å²) in [7, 11) is 0. The Bertz CT molecular complexity index is 266. The molecule has 0 aromatic carbocycles. The maximum absolute atomic E-state index is 11.8. The van der Waals surface area contributed by atoms with E-state index in [0.29, 0.717) is 12.8 Å². The van der Waals surface area contributed by atoms with Crippen molar-refractivity contribution >= 4 is 11.8 Å². The maximum atomic E-state index is 11.8. The SMILES string of the molecule is CCCCCCCCC(N)(C(=O)O)C(=O)CCC. The van der Waals surface area contributed by atoms with Crippen LogP contribution in [0, 0.1) is 0 Å². The number of carbonyl (C=O) groups excluding carboxylic acids is 1. The van der Waals surface area contributed by atoms with E-state index in [1.807, 2.05) is 6.92 Å². The smallest absolute Gasteiger partial charge is 0.331 e. The first kappa shape index (κ1) is 17.1. The fourth-order valence-corrected chi connectivity index (χ4v) is 2.00. The standard InChI is InChI=1S/C14H27NO3/c1-3-5-6-7-8-9-11-14(15,13(17)18)12(16)10-4-2/h3-11,15H2,1-2H3,(H,17,18). The third-order valence-electron chi connectivity index (χ3n) is 3.28. The van der Waals surface area contributed by atoms with E-state index in [9.17, 15) is 9.59 Å². The van der Waals surface area contributed by atoms with Gasteiger partial charge >= 0.3 is 5.97 Å². The van der Waals surface area contributed by atoms with E-state index in [2.05, 4.69) is 6.92 Å². The van der Waals surface area contributed by atoms with Gasteiger partial charge in [-0.15, -0.1) is 0 Å². The molecule has 0 saturated heterocycles. The maximum Gasteiger partial charge on any atom is 0.331 e. The van der Waals surface area contributed by atoms with E-state index < -0.39 is 11.5 Å². The number of Topliss-reactive ketones (excluding diaryl/α,β-unsaturated/α-hetero) is 1. The van der Waals surface area contributed by atoms with E-state index in [-0.39, 0.29) is 18.6 Å². The van der Waals surface area contributed by atoms with Crippen molar-refractivity contribution in [2.45, 2.75) is 77.2 Å². The molecular weight excluding hydrogens is 230 g/mol. The van der Waals surface area contributed by atoms with E-state index in [0.717, 1.165) is 12.8 Å². The Balaban J connectivity index is 4.12. The first-order valence-corrected chi connectivity index (χ1v) is 7.04. The van der Waals surface area contributed by atoms with Crippen LogP contribution in [0.3, 0.4) is 0 Å². The largest absolute Gasteiger partial charge is 0.480 e. The molecule has 0 aliphatic rings. The minimum absolute atomic E-state index is 0.249. The first-order valence-electron chi connectivity index (χ1n) is 7.04. The topological polar surface area (TPSA) is 80.4 Å². The summed E-state index contributed by atoms with van der Waals surface area (Å²) in [6.07, 6.45) is 7.46. The summed E-state index contributed by atoms with van der Waals surface area (Å²) in [5, 5.41) is 9.12. The average Bonchev–Trinajstić information content (AvgIpc) is 2.33. The van der Waals surface area contributed by atoms with Gasteiger partial charge in [-0.3, -0.25) is 4.79 Å². The van der Waals surface area contributed by atoms with Crippen LogP contribution >= 0.6 is 0 Å². The van der Waals surface area contributed by atoms with Crippen molar-refractivity contribution in [2.24, 2.45) is 5.73 Å². The normalized spacial score (nSPS) is 14.2. The van der Waals surface area contributed by atoms with Gasteiger partial charge in [0.1, 0.15) is 0 Å². The van der Waals surface area contributed by atoms with Crippen molar-refractivity contribution in [1.29, 1.82) is 0 Å². The molecule has 0 rings (SSSR count). The molecule has 1 atom stereocenters. The number of hydrogen-bond donors (Lipinski definition) is 2. The predicted molar refractivity (Wildman–Crippen MR) is 72.5 cm³/mol. The number of nitrogens with two attached hydrogens (primary N) is 1. The number of hydrogen-bond acceptors (Lipinski definition) is 3. The molecule has 3 N–H and O–H groups in total. The Morgan fingerprint density at radius 2 is 1.56 bits per heavy atom. The highest BCUT2D eigenvalue weighted by atomic mass is 16.4. The van der Waals surface area contributed by atoms with Gasteiger partial charge in [0.05, 0.1) is 0 Å². The van der Waals surface area contributed by atoms with Crippen molar-refractivity contribution < 1.29 is 14.7 Å². The third-order valence-corrected chi connectivity index (χ3v) is 3.28. The zero-order valence-electron chi connectivity index (χ0n) is 11.7. The molecule has 106 valence electrons. The zero-order chi connectivity index (χ0) is 14.0. The zero-order valence-corrected chi connectivity index (χ0v) is 11.7. The van der Waals surface area contributed by atoms with Gasteiger partial charge in [0.25, 0.3) is 0 Å². The second-order valence-corrected chi connectivity index (χ2v) is 4.97. The van der Waals surface area contributed by atoms with Crippen LogP contribution in [0.4, 0.5) is 0 Å². The molecule has 0 spiro atoms. The number of carboxylic acid groups (broad SMARTS) is 1. The predicted octanol–water partition coefficient (Wildman–Crippen LogP) is 2.89. The van der Waals surface area contributed by atoms with E-state index in [1.165, 1.54) is 19.3 Å². The number of unbranched alkanes of at least 4 members (excludes halogenated alkanes) is 5. The summed E-state index contributed by atoms with van der Waals surface area (Å²) in [4.78, 5) is 22.9. The molecule has 4 nitrogen and oxygen atoms in total. The lowest BCUT2D eigenvalue weighted by Crippen LogP contribution is -2.54. The fourth-order valence-electron chi connectivity index (χ4n) is 2.00. The molecule has 4 heteroatoms. The Morgan fingerprint density at radius 1 is 1.00 bits per heavy atom. The lowest BCUT2D eigenvalue weighted by Gasteiger charge is -2.23. The van der Waals surface area contributed by atoms with Crippen molar-refractivity contribution in [3.05, 3.63) is 0 Å². The molecule has 0 aliphatic heterocycles. The first-order chi connectivity index (χ1) is 8.49. The second-order valence-electron chi connectivity index (χ2n) is 4.97. The summed E-state index contributed by atoms with van der Waals surface area (Å²) in [5.41, 5.74) is 4.10. The van der Waals surface area contributed by atoms with Gasteiger partial charge in [-0.2, -0.15) is 0 Å². The molecule has 0 saturated carbocycles. The van der Waals surface area contributed by atoms with Crippen molar-refractivity contribution in [2.75, 3.05) is 0 Å². The van der Waals surface area contributed by atoms with Crippen LogP contribution in [0.1, 0.15) is 71.6 Å². The summed E-state index contributed by atoms with van der Waals surface area (Å²) in [6.45, 7) is 4.00. The van der Waals surface area contributed by atoms with E-state index in [1.54, 1.807) is 0 Å². The Hall–Kier alpha value is -0.900. The third kappa shape index (κ3) is 5.63. The minimum atomic E-state index is -1.67. The quantitative estimate of drug-likeness (QED) is 0.440. The van der Waals surface area contributed by atoms with Crippen LogP contribution in [0.25, 0.3) is 0 Å². The van der Waals surface area contributed by atoms with Crippen LogP contribution in [-0.2, 0) is 9.59 Å². The molecule has 0 heterocycles. The molecule has 0 aromatic rings. The molecule has 0 amide bonds. The van der Waals surface area contributed by atoms with Crippen LogP contribution < -0.4 is 5.73 Å². The highest BCUT2D eigenvalue weighted by Gasteiger charge is 2.40. The number of carboxylic acids is 1. The van der Waals surface area contributed by atoms with Crippen LogP contribution in [-0.4, -0.2) is 22.4 Å². The van der Waals surface area contributed by atoms with E-state index in [4.69, 9.17) is 10.8 Å². The van der Waals surface area contributed by atoms with Crippen molar-refractivity contribution in [1.82, 2.24) is 0 Å². The van der Waals surface area contributed by atoms with Crippen LogP contribution in [0.15, 0.2) is 0 Å². The Morgan fingerprint density at radius 3 is 2.06 bits per heavy atom. The van der Waals surface area contributed by atoms with E-state index >= 15 is 0 Å². The second kappa shape index (κ2) is 9.09. The highest BCUT2D eigenvalue weighted by Crippen LogP contribution is 2.18. The summed E-state index contributed by atoms with van der Waals surface area (Å²) in [5.74, 6) is -1.53. The highest BCUT2D eigenvalue weighted by molar-refractivity contribution is 6.07. The average molecular weight is 257 g/mol. The number of carbonyl (C=O) groups is 2. The lowest BCUT2D eigenvalue weighted by atomic mass is 9.86. The number of rotatable bonds is 11. The van der Waals surface area contributed by atoms with Crippen molar-refractivity contribution in [3.8, 4) is 0 Å². The molecule has 0 aromatic heterocycles. The fraction of sp³-hybridized carbons (Fsp3) is 0.857. The molecular formula is C14H27NO3. The van der Waals surface area contributed by atoms with Crippen LogP contribution in [0.5, 0.6) is 0 Å². The number of aliphatic carboxylic acids is 1. The van der Waals surface area contributed by atoms with Crippen molar-refractivity contribution in [3.63, 3.8) is 0 Å².